The van der Waals surface area contributed by atoms with Crippen molar-refractivity contribution in [3.05, 3.63) is 53.3 Å². The predicted octanol–water partition coefficient (Wildman–Crippen LogP) is 2.79. The molecule has 0 saturated heterocycles. The van der Waals surface area contributed by atoms with E-state index >= 15 is 0 Å². The van der Waals surface area contributed by atoms with Crippen LogP contribution in [-0.4, -0.2) is 10.1 Å². The summed E-state index contributed by atoms with van der Waals surface area (Å²) >= 11 is 0. The molecule has 0 unspecified atom stereocenters. The van der Waals surface area contributed by atoms with Crippen LogP contribution in [0.2, 0.25) is 0 Å². The van der Waals surface area contributed by atoms with Crippen molar-refractivity contribution in [2.24, 2.45) is 0 Å². The second-order valence-corrected chi connectivity index (χ2v) is 4.48. The first-order chi connectivity index (χ1) is 9.90. The molecule has 112 valence electrons. The van der Waals surface area contributed by atoms with Gasteiger partial charge in [-0.05, 0) is 17.2 Å². The summed E-state index contributed by atoms with van der Waals surface area (Å²) in [5.74, 6) is 0. The van der Waals surface area contributed by atoms with Gasteiger partial charge >= 0.3 is 6.18 Å². The molecule has 1 aromatic carbocycles. The van der Waals surface area contributed by atoms with E-state index in [1.54, 1.807) is 24.3 Å². The van der Waals surface area contributed by atoms with Crippen LogP contribution in [0.25, 0.3) is 0 Å². The number of hydrogen-bond donors (Lipinski definition) is 3. The molecule has 21 heavy (non-hydrogen) atoms. The zero-order chi connectivity index (χ0) is 15.5. The van der Waals surface area contributed by atoms with Crippen molar-refractivity contribution in [3.8, 4) is 0 Å². The van der Waals surface area contributed by atoms with Crippen molar-refractivity contribution >= 4 is 11.4 Å². The van der Waals surface area contributed by atoms with E-state index in [1.165, 1.54) is 0 Å². The minimum Gasteiger partial charge on any atom is -0.396 e. The highest BCUT2D eigenvalue weighted by atomic mass is 19.4. The minimum absolute atomic E-state index is 0.0556. The monoisotopic (exact) mass is 297 g/mol. The molecule has 0 amide bonds. The van der Waals surface area contributed by atoms with E-state index < -0.39 is 11.9 Å². The summed E-state index contributed by atoms with van der Waals surface area (Å²) in [6, 6.07) is 7.93. The molecule has 0 aliphatic rings. The quantitative estimate of drug-likeness (QED) is 0.811. The molecule has 0 aliphatic carbocycles. The number of aliphatic hydroxyl groups excluding tert-OH is 1. The summed E-state index contributed by atoms with van der Waals surface area (Å²) in [5, 5.41) is 11.8. The molecule has 7 heteroatoms. The van der Waals surface area contributed by atoms with Crippen LogP contribution in [0.4, 0.5) is 24.5 Å². The highest BCUT2D eigenvalue weighted by Gasteiger charge is 2.32. The molecule has 0 fully saturated rings. The smallest absolute Gasteiger partial charge is 0.396 e. The van der Waals surface area contributed by atoms with Gasteiger partial charge < -0.3 is 16.2 Å². The largest absolute Gasteiger partial charge is 0.433 e. The van der Waals surface area contributed by atoms with Crippen molar-refractivity contribution in [2.75, 3.05) is 11.1 Å². The Morgan fingerprint density at radius 2 is 1.76 bits per heavy atom. The number of pyridine rings is 1. The molecule has 2 rings (SSSR count). The van der Waals surface area contributed by atoms with E-state index in [4.69, 9.17) is 10.8 Å². The predicted molar refractivity (Wildman–Crippen MR) is 73.3 cm³/mol. The number of halogens is 3. The number of nitrogens with one attached hydrogen (secondary N) is 1. The fourth-order valence-electron chi connectivity index (χ4n) is 1.73. The minimum atomic E-state index is -4.51. The van der Waals surface area contributed by atoms with E-state index in [2.05, 4.69) is 10.3 Å². The van der Waals surface area contributed by atoms with Crippen LogP contribution in [-0.2, 0) is 19.3 Å². The van der Waals surface area contributed by atoms with Gasteiger partial charge in [0, 0.05) is 6.54 Å². The molecular weight excluding hydrogens is 283 g/mol. The molecule has 2 aromatic rings. The van der Waals surface area contributed by atoms with Gasteiger partial charge in [0.25, 0.3) is 0 Å². The normalized spacial score (nSPS) is 11.4. The van der Waals surface area contributed by atoms with Crippen molar-refractivity contribution in [3.63, 3.8) is 0 Å². The second kappa shape index (κ2) is 6.01. The van der Waals surface area contributed by atoms with Gasteiger partial charge in [-0.15, -0.1) is 0 Å². The first-order valence-electron chi connectivity index (χ1n) is 6.15. The van der Waals surface area contributed by atoms with E-state index in [0.29, 0.717) is 6.54 Å². The van der Waals surface area contributed by atoms with Gasteiger partial charge in [-0.2, -0.15) is 13.2 Å². The van der Waals surface area contributed by atoms with Gasteiger partial charge in [0.05, 0.1) is 24.2 Å². The maximum absolute atomic E-state index is 12.6. The van der Waals surface area contributed by atoms with Crippen molar-refractivity contribution in [2.45, 2.75) is 19.3 Å². The molecule has 0 atom stereocenters. The number of nitrogens with two attached hydrogens (primary N) is 1. The average molecular weight is 297 g/mol. The fraction of sp³-hybridized carbons (Fsp3) is 0.214. The SMILES string of the molecule is Nc1cnc(C(F)(F)F)cc1NCc1ccc(CO)cc1. The Morgan fingerprint density at radius 3 is 2.33 bits per heavy atom. The van der Waals surface area contributed by atoms with Gasteiger partial charge in [-0.25, -0.2) is 4.98 Å². The first-order valence-corrected chi connectivity index (χ1v) is 6.15. The Hall–Kier alpha value is -2.28. The standard InChI is InChI=1S/C14H14F3N3O/c15-14(16,17)13-5-12(11(18)7-20-13)19-6-9-1-3-10(8-21)4-2-9/h1-5,7,21H,6,8,18H2,(H,19,20). The number of nitrogens with zero attached hydrogens (tertiary/aromatic N) is 1. The fourth-order valence-corrected chi connectivity index (χ4v) is 1.73. The van der Waals surface area contributed by atoms with Crippen LogP contribution in [0.15, 0.2) is 36.5 Å². The first kappa shape index (κ1) is 15.1. The molecule has 0 bridgehead atoms. The second-order valence-electron chi connectivity index (χ2n) is 4.48. The number of anilines is 2. The van der Waals surface area contributed by atoms with E-state index in [1.807, 2.05) is 0 Å². The molecule has 4 N–H and O–H groups in total. The zero-order valence-electron chi connectivity index (χ0n) is 11.0. The lowest BCUT2D eigenvalue weighted by Crippen LogP contribution is -2.10. The molecule has 0 saturated carbocycles. The molecule has 0 spiro atoms. The van der Waals surface area contributed by atoms with Crippen LogP contribution in [0.3, 0.4) is 0 Å². The number of hydrogen-bond acceptors (Lipinski definition) is 4. The highest BCUT2D eigenvalue weighted by molar-refractivity contribution is 5.65. The molecule has 0 radical (unpaired) electrons. The van der Waals surface area contributed by atoms with Gasteiger partial charge in [-0.3, -0.25) is 0 Å². The Kier molecular flexibility index (Phi) is 4.32. The van der Waals surface area contributed by atoms with Crippen LogP contribution in [0, 0.1) is 0 Å². The molecular formula is C14H14F3N3O. The topological polar surface area (TPSA) is 71.2 Å². The maximum atomic E-state index is 12.6. The van der Waals surface area contributed by atoms with Crippen LogP contribution in [0.5, 0.6) is 0 Å². The van der Waals surface area contributed by atoms with Crippen LogP contribution >= 0.6 is 0 Å². The zero-order valence-corrected chi connectivity index (χ0v) is 11.0. The van der Waals surface area contributed by atoms with Gasteiger partial charge in [-0.1, -0.05) is 24.3 Å². The lowest BCUT2D eigenvalue weighted by molar-refractivity contribution is -0.141. The van der Waals surface area contributed by atoms with E-state index in [9.17, 15) is 13.2 Å². The highest BCUT2D eigenvalue weighted by Crippen LogP contribution is 2.31. The van der Waals surface area contributed by atoms with Gasteiger partial charge in [0.15, 0.2) is 0 Å². The van der Waals surface area contributed by atoms with E-state index in [0.717, 1.165) is 23.4 Å². The summed E-state index contributed by atoms with van der Waals surface area (Å²) in [6.07, 6.45) is -3.52. The Balaban J connectivity index is 2.11. The van der Waals surface area contributed by atoms with Gasteiger partial charge in [0.1, 0.15) is 5.69 Å². The van der Waals surface area contributed by atoms with Gasteiger partial charge in [0.2, 0.25) is 0 Å². The third-order valence-electron chi connectivity index (χ3n) is 2.91. The molecule has 1 heterocycles. The number of benzene rings is 1. The van der Waals surface area contributed by atoms with Crippen molar-refractivity contribution in [1.82, 2.24) is 4.98 Å². The number of aromatic nitrogens is 1. The molecule has 0 aliphatic heterocycles. The number of aliphatic hydroxyl groups is 1. The van der Waals surface area contributed by atoms with Crippen LogP contribution in [0.1, 0.15) is 16.8 Å². The summed E-state index contributed by atoms with van der Waals surface area (Å²) < 4.78 is 37.8. The number of alkyl halides is 3. The summed E-state index contributed by atoms with van der Waals surface area (Å²) in [5.41, 5.74) is 6.58. The third kappa shape index (κ3) is 3.85. The summed E-state index contributed by atoms with van der Waals surface area (Å²) in [4.78, 5) is 3.27. The lowest BCUT2D eigenvalue weighted by atomic mass is 10.1. The molecule has 4 nitrogen and oxygen atoms in total. The Morgan fingerprint density at radius 1 is 1.14 bits per heavy atom. The van der Waals surface area contributed by atoms with Crippen molar-refractivity contribution < 1.29 is 18.3 Å². The molecule has 1 aromatic heterocycles. The van der Waals surface area contributed by atoms with E-state index in [-0.39, 0.29) is 18.0 Å². The summed E-state index contributed by atoms with van der Waals surface area (Å²) in [7, 11) is 0. The van der Waals surface area contributed by atoms with Crippen molar-refractivity contribution in [1.29, 1.82) is 0 Å². The summed E-state index contributed by atoms with van der Waals surface area (Å²) in [6.45, 7) is 0.261. The third-order valence-corrected chi connectivity index (χ3v) is 2.91. The Labute approximate surface area is 119 Å². The maximum Gasteiger partial charge on any atom is 0.433 e. The lowest BCUT2D eigenvalue weighted by Gasteiger charge is -2.12. The van der Waals surface area contributed by atoms with Crippen LogP contribution < -0.4 is 11.1 Å². The Bertz CT molecular complexity index is 612. The number of rotatable bonds is 4. The average Bonchev–Trinajstić information content (AvgIpc) is 2.45. The number of nitrogen functional groups attached to an aromatic ring is 1.